The van der Waals surface area contributed by atoms with Gasteiger partial charge in [-0.05, 0) is 73.7 Å². The molecule has 1 heterocycles. The Labute approximate surface area is 248 Å². The highest BCUT2D eigenvalue weighted by molar-refractivity contribution is 6.00. The highest BCUT2D eigenvalue weighted by Gasteiger charge is 2.32. The lowest BCUT2D eigenvalue weighted by Crippen LogP contribution is -2.48. The molecule has 12 heteroatoms. The van der Waals surface area contributed by atoms with Crippen LogP contribution >= 0.6 is 0 Å². The van der Waals surface area contributed by atoms with Gasteiger partial charge in [-0.2, -0.15) is 0 Å². The fourth-order valence-electron chi connectivity index (χ4n) is 4.66. The summed E-state index contributed by atoms with van der Waals surface area (Å²) >= 11 is 0. The number of aliphatic hydroxyl groups excluding tert-OH is 1. The summed E-state index contributed by atoms with van der Waals surface area (Å²) in [6.07, 6.45) is -0.600. The van der Waals surface area contributed by atoms with Crippen molar-refractivity contribution in [3.63, 3.8) is 0 Å². The van der Waals surface area contributed by atoms with Gasteiger partial charge in [-0.15, -0.1) is 0 Å². The maximum atomic E-state index is 13.4. The van der Waals surface area contributed by atoms with Crippen LogP contribution in [0.3, 0.4) is 0 Å². The van der Waals surface area contributed by atoms with Gasteiger partial charge >= 0.3 is 12.1 Å². The van der Waals surface area contributed by atoms with E-state index >= 15 is 0 Å². The van der Waals surface area contributed by atoms with Crippen LogP contribution in [-0.4, -0.2) is 71.8 Å². The first kappa shape index (κ1) is 31.2. The van der Waals surface area contributed by atoms with Crippen molar-refractivity contribution in [1.29, 1.82) is 0 Å². The van der Waals surface area contributed by atoms with E-state index in [1.54, 1.807) is 37.1 Å². The van der Waals surface area contributed by atoms with Gasteiger partial charge in [0.05, 0.1) is 25.6 Å². The molecule has 5 amide bonds. The molecule has 4 rings (SSSR count). The number of fused-ring (bicyclic) bond motifs is 1. The van der Waals surface area contributed by atoms with E-state index < -0.39 is 35.8 Å². The van der Waals surface area contributed by atoms with Crippen molar-refractivity contribution >= 4 is 35.0 Å². The molecule has 0 saturated carbocycles. The first-order valence-corrected chi connectivity index (χ1v) is 13.8. The molecule has 1 aliphatic heterocycles. The van der Waals surface area contributed by atoms with E-state index in [4.69, 9.17) is 4.74 Å². The van der Waals surface area contributed by atoms with Gasteiger partial charge in [0.25, 0.3) is 0 Å². The Morgan fingerprint density at radius 3 is 2.14 bits per heavy atom. The van der Waals surface area contributed by atoms with Gasteiger partial charge < -0.3 is 35.6 Å². The Morgan fingerprint density at radius 1 is 0.977 bits per heavy atom. The van der Waals surface area contributed by atoms with Crippen molar-refractivity contribution in [1.82, 2.24) is 9.80 Å². The van der Waals surface area contributed by atoms with Crippen molar-refractivity contribution in [2.45, 2.75) is 32.4 Å². The van der Waals surface area contributed by atoms with E-state index in [9.17, 15) is 28.3 Å². The predicted octanol–water partition coefficient (Wildman–Crippen LogP) is 4.92. The third-order valence-corrected chi connectivity index (χ3v) is 7.17. The number of benzene rings is 3. The average Bonchev–Trinajstić information content (AvgIpc) is 3.02. The fourth-order valence-corrected chi connectivity index (χ4v) is 4.66. The number of halogens is 2. The SMILES string of the molecule is C[C@H](CO)N1C[C@H](C)[C@@H](CN(C)C(=O)Nc2ccc(F)cc2)Oc2ccc(NC(=O)Nc3ccc(F)cc3)cc2CC1=O. The van der Waals surface area contributed by atoms with Gasteiger partial charge in [0.1, 0.15) is 23.5 Å². The number of urea groups is 2. The van der Waals surface area contributed by atoms with Crippen LogP contribution in [-0.2, 0) is 11.2 Å². The van der Waals surface area contributed by atoms with Crippen molar-refractivity contribution in [3.8, 4) is 5.75 Å². The minimum Gasteiger partial charge on any atom is -0.488 e. The molecular formula is C31H35F2N5O5. The lowest BCUT2D eigenvalue weighted by Gasteiger charge is -2.34. The number of nitrogens with one attached hydrogen (secondary N) is 3. The van der Waals surface area contributed by atoms with Crippen LogP contribution in [0, 0.1) is 17.6 Å². The Kier molecular flexibility index (Phi) is 10.1. The zero-order valence-corrected chi connectivity index (χ0v) is 24.1. The van der Waals surface area contributed by atoms with Crippen LogP contribution in [0.15, 0.2) is 66.7 Å². The van der Waals surface area contributed by atoms with Gasteiger partial charge in [-0.1, -0.05) is 6.92 Å². The predicted molar refractivity (Wildman–Crippen MR) is 159 cm³/mol. The van der Waals surface area contributed by atoms with Gasteiger partial charge in [0.2, 0.25) is 5.91 Å². The number of ether oxygens (including phenoxy) is 1. The molecule has 228 valence electrons. The molecule has 4 N–H and O–H groups in total. The lowest BCUT2D eigenvalue weighted by molar-refractivity contribution is -0.134. The van der Waals surface area contributed by atoms with E-state index in [0.29, 0.717) is 28.4 Å². The molecule has 43 heavy (non-hydrogen) atoms. The molecule has 0 saturated heterocycles. The first-order valence-electron chi connectivity index (χ1n) is 13.8. The normalized spacial score (nSPS) is 17.3. The lowest BCUT2D eigenvalue weighted by atomic mass is 10.0. The molecule has 0 aliphatic carbocycles. The monoisotopic (exact) mass is 595 g/mol. The smallest absolute Gasteiger partial charge is 0.323 e. The summed E-state index contributed by atoms with van der Waals surface area (Å²) in [5, 5.41) is 17.9. The number of hydrogen-bond donors (Lipinski definition) is 4. The van der Waals surface area contributed by atoms with Crippen molar-refractivity contribution in [2.24, 2.45) is 5.92 Å². The second kappa shape index (κ2) is 14.0. The number of aliphatic hydroxyl groups is 1. The maximum absolute atomic E-state index is 13.4. The van der Waals surface area contributed by atoms with E-state index in [0.717, 1.165) is 0 Å². The number of carbonyl (C=O) groups excluding carboxylic acids is 3. The minimum atomic E-state index is -0.558. The van der Waals surface area contributed by atoms with Crippen molar-refractivity contribution < 1.29 is 33.0 Å². The Hall–Kier alpha value is -4.71. The Bertz CT molecular complexity index is 1440. The quantitative estimate of drug-likeness (QED) is 0.309. The number of amides is 5. The molecule has 1 aliphatic rings. The first-order chi connectivity index (χ1) is 20.5. The molecule has 0 radical (unpaired) electrons. The molecule has 0 bridgehead atoms. The van der Waals surface area contributed by atoms with E-state index in [1.807, 2.05) is 6.92 Å². The maximum Gasteiger partial charge on any atom is 0.323 e. The summed E-state index contributed by atoms with van der Waals surface area (Å²) in [6.45, 7) is 3.85. The van der Waals surface area contributed by atoms with Crippen LogP contribution in [0.1, 0.15) is 19.4 Å². The third kappa shape index (κ3) is 8.41. The van der Waals surface area contributed by atoms with Crippen molar-refractivity contribution in [2.75, 3.05) is 42.7 Å². The van der Waals surface area contributed by atoms with Crippen LogP contribution in [0.2, 0.25) is 0 Å². The Balaban J connectivity index is 1.55. The molecule has 3 aromatic rings. The van der Waals surface area contributed by atoms with E-state index in [2.05, 4.69) is 16.0 Å². The molecule has 0 spiro atoms. The zero-order chi connectivity index (χ0) is 31.1. The number of rotatable bonds is 7. The molecule has 0 unspecified atom stereocenters. The van der Waals surface area contributed by atoms with Crippen LogP contribution in [0.4, 0.5) is 35.4 Å². The van der Waals surface area contributed by atoms with Gasteiger partial charge in [0, 0.05) is 42.1 Å². The van der Waals surface area contributed by atoms with Crippen LogP contribution in [0.25, 0.3) is 0 Å². The fraction of sp³-hybridized carbons (Fsp3) is 0.323. The number of likely N-dealkylation sites (N-methyl/N-ethyl adjacent to an activating group) is 1. The summed E-state index contributed by atoms with van der Waals surface area (Å²) in [4.78, 5) is 41.9. The molecule has 0 fully saturated rings. The number of hydrogen-bond acceptors (Lipinski definition) is 5. The number of anilines is 3. The second-order valence-electron chi connectivity index (χ2n) is 10.6. The largest absolute Gasteiger partial charge is 0.488 e. The van der Waals surface area contributed by atoms with Gasteiger partial charge in [-0.3, -0.25) is 4.79 Å². The zero-order valence-electron chi connectivity index (χ0n) is 24.1. The third-order valence-electron chi connectivity index (χ3n) is 7.17. The Morgan fingerprint density at radius 2 is 1.53 bits per heavy atom. The summed E-state index contributed by atoms with van der Waals surface area (Å²) in [6, 6.07) is 14.2. The summed E-state index contributed by atoms with van der Waals surface area (Å²) in [7, 11) is 1.61. The minimum absolute atomic E-state index is 0.0465. The molecule has 3 atom stereocenters. The van der Waals surface area contributed by atoms with Gasteiger partial charge in [-0.25, -0.2) is 18.4 Å². The molecule has 10 nitrogen and oxygen atoms in total. The average molecular weight is 596 g/mol. The summed E-state index contributed by atoms with van der Waals surface area (Å²) in [5.41, 5.74) is 1.75. The summed E-state index contributed by atoms with van der Waals surface area (Å²) < 4.78 is 32.9. The standard InChI is InChI=1S/C31H35F2N5O5/c1-19-16-38(20(2)18-39)29(40)15-21-14-26(35-30(41)34-24-8-4-22(32)5-9-24)12-13-27(21)43-28(19)17-37(3)31(42)36-25-10-6-23(33)7-11-25/h4-14,19-20,28,39H,15-18H2,1-3H3,(H,36,42)(H2,34,35,41)/t19-,20+,28+/m0/s1. The molecular weight excluding hydrogens is 560 g/mol. The number of nitrogens with zero attached hydrogens (tertiary/aromatic N) is 2. The number of carbonyl (C=O) groups is 3. The topological polar surface area (TPSA) is 123 Å². The summed E-state index contributed by atoms with van der Waals surface area (Å²) in [5.74, 6) is -0.898. The highest BCUT2D eigenvalue weighted by atomic mass is 19.1. The van der Waals surface area contributed by atoms with Crippen LogP contribution < -0.4 is 20.7 Å². The van der Waals surface area contributed by atoms with Crippen molar-refractivity contribution in [3.05, 3.63) is 83.9 Å². The van der Waals surface area contributed by atoms with E-state index in [1.165, 1.54) is 53.4 Å². The van der Waals surface area contributed by atoms with Crippen LogP contribution in [0.5, 0.6) is 5.75 Å². The molecule has 3 aromatic carbocycles. The van der Waals surface area contributed by atoms with E-state index in [-0.39, 0.29) is 37.9 Å². The van der Waals surface area contributed by atoms with Gasteiger partial charge in [0.15, 0.2) is 0 Å². The highest BCUT2D eigenvalue weighted by Crippen LogP contribution is 2.29. The molecule has 0 aromatic heterocycles. The second-order valence-corrected chi connectivity index (χ2v) is 10.6.